The lowest BCUT2D eigenvalue weighted by atomic mass is 10.3. The van der Waals surface area contributed by atoms with Crippen molar-refractivity contribution in [1.82, 2.24) is 9.55 Å². The number of aromatic nitrogens is 2. The maximum atomic E-state index is 12.0. The van der Waals surface area contributed by atoms with Crippen LogP contribution in [0.25, 0.3) is 11.0 Å². The molecule has 0 amide bonds. The highest BCUT2D eigenvalue weighted by molar-refractivity contribution is 6.30. The average molecular weight is 315 g/mol. The maximum absolute atomic E-state index is 12.0. The fourth-order valence-electron chi connectivity index (χ4n) is 2.07. The first-order valence-corrected chi connectivity index (χ1v) is 6.92. The van der Waals surface area contributed by atoms with Gasteiger partial charge in [0.05, 0.1) is 17.2 Å². The molecule has 1 heterocycles. The van der Waals surface area contributed by atoms with Crippen LogP contribution in [-0.2, 0) is 11.3 Å². The zero-order valence-corrected chi connectivity index (χ0v) is 12.2. The summed E-state index contributed by atoms with van der Waals surface area (Å²) in [5.41, 5.74) is 0.871. The molecule has 0 saturated heterocycles. The summed E-state index contributed by atoms with van der Waals surface area (Å²) in [5.74, 6) is -0.165. The second-order valence-electron chi connectivity index (χ2n) is 4.60. The van der Waals surface area contributed by atoms with Crippen molar-refractivity contribution >= 4 is 28.6 Å². The van der Waals surface area contributed by atoms with E-state index in [1.807, 2.05) is 6.07 Å². The van der Waals surface area contributed by atoms with Crippen molar-refractivity contribution in [1.29, 1.82) is 0 Å². The Morgan fingerprint density at radius 3 is 2.64 bits per heavy atom. The van der Waals surface area contributed by atoms with Crippen LogP contribution in [0.1, 0.15) is 0 Å². The fraction of sp³-hybridized carbons (Fsp3) is 0.0625. The van der Waals surface area contributed by atoms with Crippen LogP contribution < -0.4 is 10.3 Å². The number of ether oxygens (including phenoxy) is 1. The van der Waals surface area contributed by atoms with Crippen molar-refractivity contribution in [3.63, 3.8) is 0 Å². The Balaban J connectivity index is 1.86. The molecular weight excluding hydrogens is 304 g/mol. The third-order valence-electron chi connectivity index (χ3n) is 3.09. The molecule has 110 valence electrons. The molecule has 0 unspecified atom stereocenters. The lowest BCUT2D eigenvalue weighted by molar-refractivity contribution is -0.135. The van der Waals surface area contributed by atoms with Crippen LogP contribution in [0.15, 0.2) is 59.5 Å². The Kier molecular flexibility index (Phi) is 3.89. The Morgan fingerprint density at radius 2 is 1.86 bits per heavy atom. The van der Waals surface area contributed by atoms with Gasteiger partial charge in [-0.3, -0.25) is 9.36 Å². The van der Waals surface area contributed by atoms with Gasteiger partial charge in [-0.2, -0.15) is 0 Å². The summed E-state index contributed by atoms with van der Waals surface area (Å²) >= 11 is 5.77. The van der Waals surface area contributed by atoms with Crippen molar-refractivity contribution < 1.29 is 9.53 Å². The molecule has 5 nitrogen and oxygen atoms in total. The molecule has 0 spiro atoms. The number of esters is 1. The summed E-state index contributed by atoms with van der Waals surface area (Å²) in [5, 5.41) is 0.552. The van der Waals surface area contributed by atoms with Gasteiger partial charge in [0.2, 0.25) is 0 Å². The van der Waals surface area contributed by atoms with Crippen LogP contribution >= 0.6 is 11.6 Å². The van der Waals surface area contributed by atoms with E-state index in [0.717, 1.165) is 0 Å². The summed E-state index contributed by atoms with van der Waals surface area (Å²) in [6.07, 6.45) is 1.19. The monoisotopic (exact) mass is 314 g/mol. The lowest BCUT2D eigenvalue weighted by Gasteiger charge is -2.09. The highest BCUT2D eigenvalue weighted by atomic mass is 35.5. The molecule has 0 atom stereocenters. The van der Waals surface area contributed by atoms with E-state index < -0.39 is 5.97 Å². The molecule has 0 bridgehead atoms. The van der Waals surface area contributed by atoms with Gasteiger partial charge in [-0.15, -0.1) is 0 Å². The van der Waals surface area contributed by atoms with Gasteiger partial charge in [0.15, 0.2) is 0 Å². The van der Waals surface area contributed by atoms with E-state index in [-0.39, 0.29) is 12.1 Å². The minimum atomic E-state index is -0.541. The summed E-state index contributed by atoms with van der Waals surface area (Å²) in [4.78, 5) is 28.0. The van der Waals surface area contributed by atoms with Crippen LogP contribution in [0.2, 0.25) is 5.02 Å². The second-order valence-corrected chi connectivity index (χ2v) is 5.04. The van der Waals surface area contributed by atoms with Crippen molar-refractivity contribution in [2.75, 3.05) is 0 Å². The number of nitrogens with zero attached hydrogens (tertiary/aromatic N) is 2. The van der Waals surface area contributed by atoms with Crippen LogP contribution in [0, 0.1) is 0 Å². The van der Waals surface area contributed by atoms with Gasteiger partial charge in [-0.05, 0) is 36.4 Å². The summed E-state index contributed by atoms with van der Waals surface area (Å²) in [7, 11) is 0. The standard InChI is InChI=1S/C16H11ClN2O3/c17-11-5-7-12(8-6-11)22-16(21)10-19-14-4-2-1-3-13(14)18-9-15(19)20/h1-9H,10H2. The molecule has 2 aromatic carbocycles. The van der Waals surface area contributed by atoms with Gasteiger partial charge < -0.3 is 4.74 Å². The van der Waals surface area contributed by atoms with E-state index in [0.29, 0.717) is 21.8 Å². The quantitative estimate of drug-likeness (QED) is 0.551. The molecule has 0 aliphatic rings. The third-order valence-corrected chi connectivity index (χ3v) is 3.34. The predicted molar refractivity (Wildman–Crippen MR) is 83.1 cm³/mol. The molecule has 0 aliphatic heterocycles. The first-order valence-electron chi connectivity index (χ1n) is 6.54. The average Bonchev–Trinajstić information content (AvgIpc) is 2.52. The van der Waals surface area contributed by atoms with Gasteiger partial charge in [-0.1, -0.05) is 23.7 Å². The van der Waals surface area contributed by atoms with Gasteiger partial charge >= 0.3 is 5.97 Å². The van der Waals surface area contributed by atoms with Gasteiger partial charge in [-0.25, -0.2) is 9.78 Å². The van der Waals surface area contributed by atoms with E-state index in [4.69, 9.17) is 16.3 Å². The molecule has 0 radical (unpaired) electrons. The van der Waals surface area contributed by atoms with Crippen LogP contribution in [0.3, 0.4) is 0 Å². The number of rotatable bonds is 3. The van der Waals surface area contributed by atoms with E-state index in [9.17, 15) is 9.59 Å². The largest absolute Gasteiger partial charge is 0.425 e. The minimum absolute atomic E-state index is 0.190. The molecule has 22 heavy (non-hydrogen) atoms. The smallest absolute Gasteiger partial charge is 0.331 e. The number of halogens is 1. The van der Waals surface area contributed by atoms with Crippen LogP contribution in [-0.4, -0.2) is 15.5 Å². The molecule has 3 rings (SSSR count). The van der Waals surface area contributed by atoms with Crippen LogP contribution in [0.5, 0.6) is 5.75 Å². The molecule has 0 aliphatic carbocycles. The molecule has 0 fully saturated rings. The minimum Gasteiger partial charge on any atom is -0.425 e. The molecule has 0 saturated carbocycles. The normalized spacial score (nSPS) is 10.6. The Morgan fingerprint density at radius 1 is 1.14 bits per heavy atom. The fourth-order valence-corrected chi connectivity index (χ4v) is 2.20. The number of hydrogen-bond donors (Lipinski definition) is 0. The first kappa shape index (κ1) is 14.3. The van der Waals surface area contributed by atoms with Crippen molar-refractivity contribution in [3.8, 4) is 5.75 Å². The van der Waals surface area contributed by atoms with Crippen molar-refractivity contribution in [3.05, 3.63) is 70.1 Å². The van der Waals surface area contributed by atoms with Gasteiger partial charge in [0, 0.05) is 5.02 Å². The molecular formula is C16H11ClN2O3. The van der Waals surface area contributed by atoms with E-state index >= 15 is 0 Å². The number of carbonyl (C=O) groups excluding carboxylic acids is 1. The molecule has 1 aromatic heterocycles. The topological polar surface area (TPSA) is 61.2 Å². The first-order chi connectivity index (χ1) is 10.6. The van der Waals surface area contributed by atoms with Crippen LogP contribution in [0.4, 0.5) is 0 Å². The van der Waals surface area contributed by atoms with Crippen molar-refractivity contribution in [2.24, 2.45) is 0 Å². The molecule has 0 N–H and O–H groups in total. The Bertz CT molecular complexity index is 888. The summed E-state index contributed by atoms with van der Waals surface area (Å²) in [6.45, 7) is -0.190. The number of hydrogen-bond acceptors (Lipinski definition) is 4. The zero-order chi connectivity index (χ0) is 15.5. The second kappa shape index (κ2) is 5.99. The van der Waals surface area contributed by atoms with Gasteiger partial charge in [0.1, 0.15) is 12.3 Å². The zero-order valence-electron chi connectivity index (χ0n) is 11.4. The number of carbonyl (C=O) groups is 1. The highest BCUT2D eigenvalue weighted by Gasteiger charge is 2.10. The van der Waals surface area contributed by atoms with E-state index in [1.165, 1.54) is 10.8 Å². The third kappa shape index (κ3) is 2.99. The SMILES string of the molecule is O=C(Cn1c(=O)cnc2ccccc21)Oc1ccc(Cl)cc1. The number of para-hydroxylation sites is 2. The molecule has 6 heteroatoms. The Hall–Kier alpha value is -2.66. The number of benzene rings is 2. The highest BCUT2D eigenvalue weighted by Crippen LogP contribution is 2.16. The molecule has 3 aromatic rings. The van der Waals surface area contributed by atoms with E-state index in [2.05, 4.69) is 4.98 Å². The predicted octanol–water partition coefficient (Wildman–Crippen LogP) is 2.66. The summed E-state index contributed by atoms with van der Waals surface area (Å²) in [6, 6.07) is 13.5. The van der Waals surface area contributed by atoms with Gasteiger partial charge in [0.25, 0.3) is 5.56 Å². The van der Waals surface area contributed by atoms with E-state index in [1.54, 1.807) is 42.5 Å². The van der Waals surface area contributed by atoms with Crippen molar-refractivity contribution in [2.45, 2.75) is 6.54 Å². The summed E-state index contributed by atoms with van der Waals surface area (Å²) < 4.78 is 6.53. The lowest BCUT2D eigenvalue weighted by Crippen LogP contribution is -2.26. The Labute approximate surface area is 130 Å². The maximum Gasteiger partial charge on any atom is 0.331 e. The number of fused-ring (bicyclic) bond motifs is 1.